The van der Waals surface area contributed by atoms with E-state index in [1.54, 1.807) is 0 Å². The van der Waals surface area contributed by atoms with Gasteiger partial charge in [-0.05, 0) is 44.8 Å². The van der Waals surface area contributed by atoms with Crippen LogP contribution in [0.15, 0.2) is 0 Å². The van der Waals surface area contributed by atoms with Crippen LogP contribution in [0.5, 0.6) is 0 Å². The Bertz CT molecular complexity index is 311. The third-order valence-corrected chi connectivity index (χ3v) is 3.84. The third kappa shape index (κ3) is 4.44. The first-order valence-electron chi connectivity index (χ1n) is 7.02. The fourth-order valence-corrected chi connectivity index (χ4v) is 2.63. The predicted molar refractivity (Wildman–Crippen MR) is 76.4 cm³/mol. The van der Waals surface area contributed by atoms with Gasteiger partial charge in [0.05, 0.1) is 0 Å². The van der Waals surface area contributed by atoms with Crippen LogP contribution in [-0.2, 0) is 4.79 Å². The molecule has 0 aromatic rings. The molecule has 102 valence electrons. The maximum atomic E-state index is 11.8. The van der Waals surface area contributed by atoms with E-state index in [1.165, 1.54) is 32.1 Å². The molecule has 18 heavy (non-hydrogen) atoms. The van der Waals surface area contributed by atoms with Crippen molar-refractivity contribution >= 4 is 23.2 Å². The van der Waals surface area contributed by atoms with Gasteiger partial charge in [0.15, 0.2) is 5.11 Å². The van der Waals surface area contributed by atoms with Gasteiger partial charge < -0.3 is 16.0 Å². The van der Waals surface area contributed by atoms with E-state index in [2.05, 4.69) is 16.0 Å². The van der Waals surface area contributed by atoms with E-state index in [4.69, 9.17) is 12.2 Å². The van der Waals surface area contributed by atoms with Crippen molar-refractivity contribution in [2.24, 2.45) is 0 Å². The van der Waals surface area contributed by atoms with Crippen molar-refractivity contribution in [1.82, 2.24) is 16.0 Å². The number of nitrogens with one attached hydrogen (secondary N) is 3. The van der Waals surface area contributed by atoms with Crippen LogP contribution in [0.2, 0.25) is 0 Å². The zero-order chi connectivity index (χ0) is 13.0. The van der Waals surface area contributed by atoms with Crippen molar-refractivity contribution in [3.8, 4) is 0 Å². The molecule has 0 spiro atoms. The lowest BCUT2D eigenvalue weighted by Gasteiger charge is -2.25. The van der Waals surface area contributed by atoms with E-state index in [1.807, 2.05) is 6.92 Å². The summed E-state index contributed by atoms with van der Waals surface area (Å²) in [6.07, 6.45) is 8.48. The van der Waals surface area contributed by atoms with Crippen molar-refractivity contribution in [1.29, 1.82) is 0 Å². The Balaban J connectivity index is 1.66. The van der Waals surface area contributed by atoms with E-state index >= 15 is 0 Å². The van der Waals surface area contributed by atoms with E-state index in [-0.39, 0.29) is 11.9 Å². The molecule has 4 nitrogen and oxygen atoms in total. The Morgan fingerprint density at radius 3 is 2.28 bits per heavy atom. The first kappa shape index (κ1) is 13.6. The molecule has 0 aromatic carbocycles. The zero-order valence-electron chi connectivity index (χ0n) is 11.0. The molecule has 2 fully saturated rings. The highest BCUT2D eigenvalue weighted by molar-refractivity contribution is 7.80. The Morgan fingerprint density at radius 2 is 1.67 bits per heavy atom. The van der Waals surface area contributed by atoms with Crippen molar-refractivity contribution in [3.63, 3.8) is 0 Å². The minimum absolute atomic E-state index is 0.0466. The number of carbonyl (C=O) groups is 1. The molecule has 1 unspecified atom stereocenters. The summed E-state index contributed by atoms with van der Waals surface area (Å²) >= 11 is 5.26. The standard InChI is InChI=1S/C13H23N3OS/c1-9(12(17)15-11-7-8-11)14-13(18)16-10-5-3-2-4-6-10/h9-11H,2-8H2,1H3,(H,15,17)(H2,14,16,18). The lowest BCUT2D eigenvalue weighted by molar-refractivity contribution is -0.122. The molecule has 2 saturated carbocycles. The molecule has 1 atom stereocenters. The average molecular weight is 269 g/mol. The number of hydrogen-bond donors (Lipinski definition) is 3. The Morgan fingerprint density at radius 1 is 1.06 bits per heavy atom. The molecular weight excluding hydrogens is 246 g/mol. The topological polar surface area (TPSA) is 53.2 Å². The van der Waals surface area contributed by atoms with Gasteiger partial charge in [-0.25, -0.2) is 0 Å². The highest BCUT2D eigenvalue weighted by Crippen LogP contribution is 2.18. The molecule has 0 aromatic heterocycles. The summed E-state index contributed by atoms with van der Waals surface area (Å²) < 4.78 is 0. The average Bonchev–Trinajstić information content (AvgIpc) is 3.14. The van der Waals surface area contributed by atoms with E-state index < -0.39 is 0 Å². The van der Waals surface area contributed by atoms with Crippen LogP contribution in [-0.4, -0.2) is 29.1 Å². The number of carbonyl (C=O) groups excluding carboxylic acids is 1. The second kappa shape index (κ2) is 6.36. The van der Waals surface area contributed by atoms with Crippen molar-refractivity contribution in [2.75, 3.05) is 0 Å². The highest BCUT2D eigenvalue weighted by Gasteiger charge is 2.26. The van der Waals surface area contributed by atoms with Crippen molar-refractivity contribution in [2.45, 2.75) is 70.0 Å². The van der Waals surface area contributed by atoms with Crippen LogP contribution < -0.4 is 16.0 Å². The Kier molecular flexibility index (Phi) is 4.80. The maximum Gasteiger partial charge on any atom is 0.242 e. The smallest absolute Gasteiger partial charge is 0.242 e. The largest absolute Gasteiger partial charge is 0.360 e. The summed E-state index contributed by atoms with van der Waals surface area (Å²) in [6, 6.07) is 0.633. The van der Waals surface area contributed by atoms with Crippen LogP contribution in [0.4, 0.5) is 0 Å². The van der Waals surface area contributed by atoms with Crippen LogP contribution in [0.3, 0.4) is 0 Å². The molecule has 3 N–H and O–H groups in total. The summed E-state index contributed by atoms with van der Waals surface area (Å²) in [4.78, 5) is 11.8. The van der Waals surface area contributed by atoms with Gasteiger partial charge in [-0.3, -0.25) is 4.79 Å². The van der Waals surface area contributed by atoms with Gasteiger partial charge in [-0.2, -0.15) is 0 Å². The van der Waals surface area contributed by atoms with E-state index in [0.29, 0.717) is 17.2 Å². The van der Waals surface area contributed by atoms with Gasteiger partial charge in [-0.15, -0.1) is 0 Å². The highest BCUT2D eigenvalue weighted by atomic mass is 32.1. The maximum absolute atomic E-state index is 11.8. The summed E-state index contributed by atoms with van der Waals surface area (Å²) in [7, 11) is 0. The van der Waals surface area contributed by atoms with Crippen LogP contribution in [0, 0.1) is 0 Å². The Hall–Kier alpha value is -0.840. The summed E-state index contributed by atoms with van der Waals surface area (Å²) in [5, 5.41) is 9.97. The van der Waals surface area contributed by atoms with Crippen molar-refractivity contribution < 1.29 is 4.79 Å². The normalized spacial score (nSPS) is 22.1. The lowest BCUT2D eigenvalue weighted by atomic mass is 9.96. The molecule has 0 radical (unpaired) electrons. The summed E-state index contributed by atoms with van der Waals surface area (Å²) in [5.41, 5.74) is 0. The summed E-state index contributed by atoms with van der Waals surface area (Å²) in [5.74, 6) is 0.0466. The minimum Gasteiger partial charge on any atom is -0.360 e. The minimum atomic E-state index is -0.255. The molecule has 0 saturated heterocycles. The van der Waals surface area contributed by atoms with Crippen molar-refractivity contribution in [3.05, 3.63) is 0 Å². The van der Waals surface area contributed by atoms with Crippen LogP contribution >= 0.6 is 12.2 Å². The third-order valence-electron chi connectivity index (χ3n) is 3.61. The van der Waals surface area contributed by atoms with Gasteiger partial charge in [0.2, 0.25) is 5.91 Å². The van der Waals surface area contributed by atoms with Crippen LogP contribution in [0.25, 0.3) is 0 Å². The molecule has 2 aliphatic carbocycles. The van der Waals surface area contributed by atoms with Gasteiger partial charge in [0, 0.05) is 12.1 Å². The van der Waals surface area contributed by atoms with E-state index in [9.17, 15) is 4.79 Å². The Labute approximate surface area is 114 Å². The van der Waals surface area contributed by atoms with Crippen LogP contribution in [0.1, 0.15) is 51.9 Å². The number of thiocarbonyl (C=S) groups is 1. The number of amides is 1. The molecule has 2 aliphatic rings. The lowest BCUT2D eigenvalue weighted by Crippen LogP contribution is -2.51. The van der Waals surface area contributed by atoms with Gasteiger partial charge in [0.25, 0.3) is 0 Å². The molecular formula is C13H23N3OS. The second-order valence-electron chi connectivity index (χ2n) is 5.46. The predicted octanol–water partition coefficient (Wildman–Crippen LogP) is 1.45. The first-order valence-corrected chi connectivity index (χ1v) is 7.43. The molecule has 2 rings (SSSR count). The first-order chi connectivity index (χ1) is 8.65. The van der Waals surface area contributed by atoms with Gasteiger partial charge in [0.1, 0.15) is 6.04 Å². The molecule has 0 aliphatic heterocycles. The summed E-state index contributed by atoms with van der Waals surface area (Å²) in [6.45, 7) is 1.85. The van der Waals surface area contributed by atoms with Gasteiger partial charge in [-0.1, -0.05) is 19.3 Å². The molecule has 5 heteroatoms. The molecule has 0 bridgehead atoms. The number of hydrogen-bond acceptors (Lipinski definition) is 2. The van der Waals surface area contributed by atoms with E-state index in [0.717, 1.165) is 12.8 Å². The zero-order valence-corrected chi connectivity index (χ0v) is 11.8. The quantitative estimate of drug-likeness (QED) is 0.676. The monoisotopic (exact) mass is 269 g/mol. The molecule has 1 amide bonds. The SMILES string of the molecule is CC(NC(=S)NC1CCCCC1)C(=O)NC1CC1. The van der Waals surface area contributed by atoms with Gasteiger partial charge >= 0.3 is 0 Å². The fourth-order valence-electron chi connectivity index (χ4n) is 2.29. The second-order valence-corrected chi connectivity index (χ2v) is 5.87. The molecule has 0 heterocycles. The number of rotatable bonds is 4. The fraction of sp³-hybridized carbons (Fsp3) is 0.846.